The number of benzene rings is 1. The van der Waals surface area contributed by atoms with Gasteiger partial charge in [-0.25, -0.2) is 8.78 Å². The van der Waals surface area contributed by atoms with E-state index in [1.54, 1.807) is 7.05 Å². The lowest BCUT2D eigenvalue weighted by Gasteiger charge is -2.18. The Morgan fingerprint density at radius 3 is 2.35 bits per heavy atom. The van der Waals surface area contributed by atoms with Gasteiger partial charge < -0.3 is 5.32 Å². The topological polar surface area (TPSA) is 12.0 Å². The van der Waals surface area contributed by atoms with Gasteiger partial charge >= 0.3 is 0 Å². The number of rotatable bonds is 5. The average Bonchev–Trinajstić information content (AvgIpc) is 2.21. The second-order valence-corrected chi connectivity index (χ2v) is 5.04. The van der Waals surface area contributed by atoms with Gasteiger partial charge in [-0.2, -0.15) is 0 Å². The highest BCUT2D eigenvalue weighted by Gasteiger charge is 2.19. The Bertz CT molecular complexity index is 395. The van der Waals surface area contributed by atoms with Gasteiger partial charge in [0.05, 0.1) is 0 Å². The number of hydrogen-bond acceptors (Lipinski definition) is 1. The molecule has 0 aliphatic heterocycles. The zero-order chi connectivity index (χ0) is 13.0. The van der Waals surface area contributed by atoms with Gasteiger partial charge in [-0.05, 0) is 38.9 Å². The van der Waals surface area contributed by atoms with Crippen LogP contribution in [0.25, 0.3) is 0 Å². The molecule has 0 heterocycles. The van der Waals surface area contributed by atoms with E-state index in [0.717, 1.165) is 12.0 Å². The van der Waals surface area contributed by atoms with Crippen LogP contribution < -0.4 is 5.32 Å². The Kier molecular flexibility index (Phi) is 5.28. The van der Waals surface area contributed by atoms with Crippen LogP contribution in [0, 0.1) is 11.6 Å². The number of hydrogen-bond donors (Lipinski definition) is 1. The van der Waals surface area contributed by atoms with Crippen molar-refractivity contribution in [2.45, 2.75) is 25.8 Å². The van der Waals surface area contributed by atoms with Crippen LogP contribution >= 0.6 is 15.9 Å². The summed E-state index contributed by atoms with van der Waals surface area (Å²) < 4.78 is 27.9. The van der Waals surface area contributed by atoms with Crippen molar-refractivity contribution < 1.29 is 8.78 Å². The monoisotopic (exact) mass is 303 g/mol. The van der Waals surface area contributed by atoms with Crippen molar-refractivity contribution in [1.29, 1.82) is 0 Å². The van der Waals surface area contributed by atoms with Crippen molar-refractivity contribution >= 4 is 15.9 Å². The van der Waals surface area contributed by atoms with E-state index in [2.05, 4.69) is 27.8 Å². The minimum atomic E-state index is -0.530. The Balaban J connectivity index is 2.99. The Hall–Kier alpha value is -0.740. The molecule has 1 unspecified atom stereocenters. The zero-order valence-electron chi connectivity index (χ0n) is 9.99. The van der Waals surface area contributed by atoms with Crippen LogP contribution in [0.2, 0.25) is 0 Å². The summed E-state index contributed by atoms with van der Waals surface area (Å²) >= 11 is 3.07. The predicted molar refractivity (Wildman–Crippen MR) is 69.9 cm³/mol. The van der Waals surface area contributed by atoms with Gasteiger partial charge in [0.2, 0.25) is 0 Å². The van der Waals surface area contributed by atoms with E-state index in [-0.39, 0.29) is 11.6 Å². The summed E-state index contributed by atoms with van der Waals surface area (Å²) in [6.45, 7) is 5.70. The SMILES string of the molecule is C=C(C)CCC(NC)c1c(F)cc(Br)cc1F. The molecule has 0 spiro atoms. The highest BCUT2D eigenvalue weighted by molar-refractivity contribution is 9.10. The molecular formula is C13H16BrF2N. The summed E-state index contributed by atoms with van der Waals surface area (Å²) in [5.41, 5.74) is 1.10. The summed E-state index contributed by atoms with van der Waals surface area (Å²) in [7, 11) is 1.70. The second kappa shape index (κ2) is 6.26. The summed E-state index contributed by atoms with van der Waals surface area (Å²) in [5.74, 6) is -1.06. The third-order valence-electron chi connectivity index (χ3n) is 2.60. The Labute approximate surface area is 109 Å². The first-order chi connectivity index (χ1) is 7.95. The molecule has 1 atom stereocenters. The van der Waals surface area contributed by atoms with Crippen molar-refractivity contribution in [2.75, 3.05) is 7.05 Å². The van der Waals surface area contributed by atoms with Gasteiger partial charge in [0, 0.05) is 16.1 Å². The van der Waals surface area contributed by atoms with Crippen LogP contribution in [0.1, 0.15) is 31.4 Å². The molecule has 0 aromatic heterocycles. The molecule has 1 rings (SSSR count). The zero-order valence-corrected chi connectivity index (χ0v) is 11.6. The largest absolute Gasteiger partial charge is 0.313 e. The molecule has 0 amide bonds. The lowest BCUT2D eigenvalue weighted by molar-refractivity contribution is 0.470. The van der Waals surface area contributed by atoms with Gasteiger partial charge in [-0.15, -0.1) is 6.58 Å². The standard InChI is InChI=1S/C13H16BrF2N/c1-8(2)4-5-12(17-3)13-10(15)6-9(14)7-11(13)16/h6-7,12,17H,1,4-5H2,2-3H3. The van der Waals surface area contributed by atoms with E-state index < -0.39 is 11.6 Å². The number of allylic oxidation sites excluding steroid dienone is 1. The van der Waals surface area contributed by atoms with E-state index >= 15 is 0 Å². The van der Waals surface area contributed by atoms with Crippen molar-refractivity contribution in [2.24, 2.45) is 0 Å². The normalized spacial score (nSPS) is 12.5. The van der Waals surface area contributed by atoms with Gasteiger partial charge in [0.1, 0.15) is 11.6 Å². The molecule has 0 fully saturated rings. The third kappa shape index (κ3) is 3.89. The maximum Gasteiger partial charge on any atom is 0.132 e. The highest BCUT2D eigenvalue weighted by Crippen LogP contribution is 2.28. The fourth-order valence-corrected chi connectivity index (χ4v) is 2.11. The molecule has 0 bridgehead atoms. The highest BCUT2D eigenvalue weighted by atomic mass is 79.9. The fourth-order valence-electron chi connectivity index (χ4n) is 1.71. The maximum atomic E-state index is 13.7. The van der Waals surface area contributed by atoms with Crippen LogP contribution in [-0.2, 0) is 0 Å². The summed E-state index contributed by atoms with van der Waals surface area (Å²) in [6, 6.07) is 2.23. The number of halogens is 3. The summed E-state index contributed by atoms with van der Waals surface area (Å²) in [4.78, 5) is 0. The van der Waals surface area contributed by atoms with Gasteiger partial charge in [-0.3, -0.25) is 0 Å². The molecule has 0 saturated heterocycles. The lowest BCUT2D eigenvalue weighted by Crippen LogP contribution is -2.19. The fraction of sp³-hybridized carbons (Fsp3) is 0.385. The third-order valence-corrected chi connectivity index (χ3v) is 3.06. The first kappa shape index (κ1) is 14.3. The smallest absolute Gasteiger partial charge is 0.132 e. The van der Waals surface area contributed by atoms with Crippen LogP contribution in [0.4, 0.5) is 8.78 Å². The molecule has 0 radical (unpaired) electrons. The van der Waals surface area contributed by atoms with E-state index in [1.165, 1.54) is 12.1 Å². The van der Waals surface area contributed by atoms with Crippen molar-refractivity contribution in [3.63, 3.8) is 0 Å². The molecule has 94 valence electrons. The van der Waals surface area contributed by atoms with Gasteiger partial charge in [0.15, 0.2) is 0 Å². The van der Waals surface area contributed by atoms with Gasteiger partial charge in [-0.1, -0.05) is 21.5 Å². The van der Waals surface area contributed by atoms with Crippen LogP contribution in [0.3, 0.4) is 0 Å². The van der Waals surface area contributed by atoms with E-state index in [0.29, 0.717) is 10.9 Å². The molecule has 1 N–H and O–H groups in total. The average molecular weight is 304 g/mol. The molecule has 1 aromatic carbocycles. The Morgan fingerprint density at radius 1 is 1.41 bits per heavy atom. The minimum Gasteiger partial charge on any atom is -0.313 e. The predicted octanol–water partition coefficient (Wildman–Crippen LogP) is 4.34. The van der Waals surface area contributed by atoms with Crippen molar-refractivity contribution in [3.05, 3.63) is 46.0 Å². The van der Waals surface area contributed by atoms with Crippen LogP contribution in [0.5, 0.6) is 0 Å². The molecule has 0 saturated carbocycles. The first-order valence-corrected chi connectivity index (χ1v) is 6.21. The lowest BCUT2D eigenvalue weighted by atomic mass is 9.99. The van der Waals surface area contributed by atoms with Crippen molar-refractivity contribution in [3.8, 4) is 0 Å². The molecule has 1 aromatic rings. The van der Waals surface area contributed by atoms with E-state index in [4.69, 9.17) is 0 Å². The minimum absolute atomic E-state index is 0.0944. The quantitative estimate of drug-likeness (QED) is 0.798. The molecule has 0 aliphatic carbocycles. The van der Waals surface area contributed by atoms with Crippen LogP contribution in [0.15, 0.2) is 28.8 Å². The van der Waals surface area contributed by atoms with Crippen molar-refractivity contribution in [1.82, 2.24) is 5.32 Å². The van der Waals surface area contributed by atoms with E-state index in [1.807, 2.05) is 6.92 Å². The molecule has 17 heavy (non-hydrogen) atoms. The summed E-state index contributed by atoms with van der Waals surface area (Å²) in [5, 5.41) is 2.94. The van der Waals surface area contributed by atoms with Gasteiger partial charge in [0.25, 0.3) is 0 Å². The van der Waals surface area contributed by atoms with Crippen LogP contribution in [-0.4, -0.2) is 7.05 Å². The second-order valence-electron chi connectivity index (χ2n) is 4.12. The molecule has 4 heteroatoms. The molecular weight excluding hydrogens is 288 g/mol. The first-order valence-electron chi connectivity index (χ1n) is 5.41. The number of nitrogens with one attached hydrogen (secondary N) is 1. The molecule has 1 nitrogen and oxygen atoms in total. The molecule has 0 aliphatic rings. The maximum absolute atomic E-state index is 13.7. The Morgan fingerprint density at radius 2 is 1.94 bits per heavy atom. The van der Waals surface area contributed by atoms with E-state index in [9.17, 15) is 8.78 Å². The summed E-state index contributed by atoms with van der Waals surface area (Å²) in [6.07, 6.45) is 1.36.